The largest absolute Gasteiger partial charge is 0.350 e. The molecule has 2 N–H and O–H groups in total. The Kier molecular flexibility index (Phi) is 7.20. The Morgan fingerprint density at radius 1 is 1.29 bits per heavy atom. The lowest BCUT2D eigenvalue weighted by molar-refractivity contribution is 0.0949. The fraction of sp³-hybridized carbons (Fsp3) is 0.438. The van der Waals surface area contributed by atoms with Gasteiger partial charge in [-0.1, -0.05) is 33.3 Å². The zero-order chi connectivity index (χ0) is 16.1. The van der Waals surface area contributed by atoms with Gasteiger partial charge >= 0.3 is 0 Å². The number of aromatic nitrogens is 3. The van der Waals surface area contributed by atoms with E-state index in [9.17, 15) is 4.79 Å². The lowest BCUT2D eigenvalue weighted by Gasteiger charge is -2.22. The van der Waals surface area contributed by atoms with Crippen LogP contribution >= 0.6 is 28.3 Å². The molecule has 24 heavy (non-hydrogen) atoms. The number of carbonyl (C=O) groups is 1. The fourth-order valence-electron chi connectivity index (χ4n) is 2.69. The van der Waals surface area contributed by atoms with E-state index in [2.05, 4.69) is 36.9 Å². The molecule has 1 fully saturated rings. The lowest BCUT2D eigenvalue weighted by Crippen LogP contribution is -2.29. The second-order valence-corrected chi connectivity index (χ2v) is 6.61. The number of hydrogen-bond donors (Lipinski definition) is 2. The molecule has 1 amide bonds. The van der Waals surface area contributed by atoms with E-state index in [0.717, 1.165) is 36.8 Å². The highest BCUT2D eigenvalue weighted by atomic mass is 79.9. The molecule has 2 heterocycles. The Hall–Kier alpha value is -1.44. The number of rotatable bonds is 5. The smallest absolute Gasteiger partial charge is 0.273 e. The summed E-state index contributed by atoms with van der Waals surface area (Å²) < 4.78 is 2.88. The SMILES string of the molecule is Cl.O=C(NCCc1ccc(Br)cc1)c1cn(C2CCNCC2)nn1. The Balaban J connectivity index is 0.00000208. The quantitative estimate of drug-likeness (QED) is 0.788. The van der Waals surface area contributed by atoms with Crippen LogP contribution in [0.25, 0.3) is 0 Å². The van der Waals surface area contributed by atoms with Gasteiger partial charge in [0.05, 0.1) is 12.2 Å². The van der Waals surface area contributed by atoms with Crippen molar-refractivity contribution in [2.75, 3.05) is 19.6 Å². The van der Waals surface area contributed by atoms with Crippen molar-refractivity contribution in [1.82, 2.24) is 25.6 Å². The van der Waals surface area contributed by atoms with Crippen molar-refractivity contribution in [3.8, 4) is 0 Å². The second kappa shape index (κ2) is 9.15. The monoisotopic (exact) mass is 413 g/mol. The van der Waals surface area contributed by atoms with Crippen LogP contribution < -0.4 is 10.6 Å². The normalized spacial score (nSPS) is 14.9. The third-order valence-corrected chi connectivity index (χ3v) is 4.57. The molecule has 3 rings (SSSR count). The molecule has 6 nitrogen and oxygen atoms in total. The molecule has 130 valence electrons. The maximum absolute atomic E-state index is 12.1. The highest BCUT2D eigenvalue weighted by molar-refractivity contribution is 9.10. The number of nitrogens with one attached hydrogen (secondary N) is 2. The van der Waals surface area contributed by atoms with Crippen LogP contribution in [-0.4, -0.2) is 40.5 Å². The van der Waals surface area contributed by atoms with E-state index in [1.165, 1.54) is 5.56 Å². The van der Waals surface area contributed by atoms with Crippen molar-refractivity contribution in [2.45, 2.75) is 25.3 Å². The number of piperidine rings is 1. The molecule has 1 aromatic carbocycles. The fourth-order valence-corrected chi connectivity index (χ4v) is 2.96. The van der Waals surface area contributed by atoms with Gasteiger partial charge in [0, 0.05) is 11.0 Å². The Morgan fingerprint density at radius 2 is 2.00 bits per heavy atom. The molecule has 0 bridgehead atoms. The predicted molar refractivity (Wildman–Crippen MR) is 98.6 cm³/mol. The van der Waals surface area contributed by atoms with Crippen LogP contribution in [0.5, 0.6) is 0 Å². The summed E-state index contributed by atoms with van der Waals surface area (Å²) >= 11 is 3.41. The summed E-state index contributed by atoms with van der Waals surface area (Å²) in [6.45, 7) is 2.55. The molecule has 0 unspecified atom stereocenters. The van der Waals surface area contributed by atoms with Crippen LogP contribution in [0, 0.1) is 0 Å². The van der Waals surface area contributed by atoms with E-state index in [1.807, 2.05) is 28.9 Å². The topological polar surface area (TPSA) is 71.8 Å². The van der Waals surface area contributed by atoms with E-state index < -0.39 is 0 Å². The number of hydrogen-bond acceptors (Lipinski definition) is 4. The molecule has 1 saturated heterocycles. The molecule has 8 heteroatoms. The Morgan fingerprint density at radius 3 is 2.71 bits per heavy atom. The summed E-state index contributed by atoms with van der Waals surface area (Å²) in [4.78, 5) is 12.1. The first-order valence-corrected chi connectivity index (χ1v) is 8.67. The van der Waals surface area contributed by atoms with Crippen LogP contribution in [0.3, 0.4) is 0 Å². The van der Waals surface area contributed by atoms with Crippen LogP contribution in [0.4, 0.5) is 0 Å². The number of benzene rings is 1. The van der Waals surface area contributed by atoms with Crippen molar-refractivity contribution in [3.05, 3.63) is 46.2 Å². The minimum absolute atomic E-state index is 0. The minimum atomic E-state index is -0.165. The first-order valence-electron chi connectivity index (χ1n) is 7.87. The third-order valence-electron chi connectivity index (χ3n) is 4.04. The highest BCUT2D eigenvalue weighted by Crippen LogP contribution is 2.17. The van der Waals surface area contributed by atoms with E-state index in [-0.39, 0.29) is 18.3 Å². The molecule has 0 spiro atoms. The van der Waals surface area contributed by atoms with Crippen molar-refractivity contribution in [3.63, 3.8) is 0 Å². The first kappa shape index (κ1) is 18.9. The van der Waals surface area contributed by atoms with Gasteiger partial charge in [-0.3, -0.25) is 4.79 Å². The van der Waals surface area contributed by atoms with Gasteiger partial charge in [-0.15, -0.1) is 17.5 Å². The van der Waals surface area contributed by atoms with Crippen LogP contribution in [0.1, 0.15) is 34.9 Å². The van der Waals surface area contributed by atoms with E-state index in [1.54, 1.807) is 6.20 Å². The zero-order valence-electron chi connectivity index (χ0n) is 13.2. The van der Waals surface area contributed by atoms with Gasteiger partial charge in [0.25, 0.3) is 5.91 Å². The average Bonchev–Trinajstić information content (AvgIpc) is 3.07. The van der Waals surface area contributed by atoms with Gasteiger partial charge in [0.15, 0.2) is 5.69 Å². The van der Waals surface area contributed by atoms with Gasteiger partial charge in [-0.2, -0.15) is 0 Å². The third kappa shape index (κ3) is 5.03. The molecule has 0 radical (unpaired) electrons. The molecule has 0 atom stereocenters. The summed E-state index contributed by atoms with van der Waals surface area (Å²) in [5, 5.41) is 14.3. The average molecular weight is 415 g/mol. The zero-order valence-corrected chi connectivity index (χ0v) is 15.6. The summed E-state index contributed by atoms with van der Waals surface area (Å²) in [6.07, 6.45) is 4.59. The van der Waals surface area contributed by atoms with Gasteiger partial charge in [-0.25, -0.2) is 4.68 Å². The summed E-state index contributed by atoms with van der Waals surface area (Å²) in [5.41, 5.74) is 1.58. The van der Waals surface area contributed by atoms with Crippen LogP contribution in [0.2, 0.25) is 0 Å². The van der Waals surface area contributed by atoms with Crippen LogP contribution in [0.15, 0.2) is 34.9 Å². The summed E-state index contributed by atoms with van der Waals surface area (Å²) in [7, 11) is 0. The standard InChI is InChI=1S/C16H20BrN5O.ClH/c17-13-3-1-12(2-4-13)5-10-19-16(23)15-11-22(21-20-15)14-6-8-18-9-7-14;/h1-4,11,14,18H,5-10H2,(H,19,23);1H. The second-order valence-electron chi connectivity index (χ2n) is 5.70. The Labute approximate surface area is 155 Å². The first-order chi connectivity index (χ1) is 11.2. The van der Waals surface area contributed by atoms with E-state index >= 15 is 0 Å². The molecular weight excluding hydrogens is 394 g/mol. The van der Waals surface area contributed by atoms with Gasteiger partial charge in [-0.05, 0) is 50.0 Å². The maximum atomic E-state index is 12.1. The van der Waals surface area contributed by atoms with E-state index in [0.29, 0.717) is 18.3 Å². The summed E-state index contributed by atoms with van der Waals surface area (Å²) in [5.74, 6) is -0.165. The number of halogens is 2. The molecule has 1 aromatic heterocycles. The van der Waals surface area contributed by atoms with E-state index in [4.69, 9.17) is 0 Å². The van der Waals surface area contributed by atoms with Crippen molar-refractivity contribution < 1.29 is 4.79 Å². The van der Waals surface area contributed by atoms with Crippen LogP contribution in [-0.2, 0) is 6.42 Å². The van der Waals surface area contributed by atoms with Gasteiger partial charge in [0.2, 0.25) is 0 Å². The molecule has 1 aliphatic rings. The molecule has 0 aliphatic carbocycles. The summed E-state index contributed by atoms with van der Waals surface area (Å²) in [6, 6.07) is 8.43. The molecular formula is C16H21BrClN5O. The Bertz CT molecular complexity index is 655. The maximum Gasteiger partial charge on any atom is 0.273 e. The minimum Gasteiger partial charge on any atom is -0.350 e. The number of carbonyl (C=O) groups excluding carboxylic acids is 1. The molecule has 1 aliphatic heterocycles. The number of amides is 1. The van der Waals surface area contributed by atoms with Gasteiger partial charge in [0.1, 0.15) is 0 Å². The van der Waals surface area contributed by atoms with Gasteiger partial charge < -0.3 is 10.6 Å². The van der Waals surface area contributed by atoms with Crippen molar-refractivity contribution in [2.24, 2.45) is 0 Å². The van der Waals surface area contributed by atoms with Crippen molar-refractivity contribution in [1.29, 1.82) is 0 Å². The molecule has 2 aromatic rings. The van der Waals surface area contributed by atoms with Crippen molar-refractivity contribution >= 4 is 34.2 Å². The lowest BCUT2D eigenvalue weighted by atomic mass is 10.1. The number of nitrogens with zero attached hydrogens (tertiary/aromatic N) is 3. The predicted octanol–water partition coefficient (Wildman–Crippen LogP) is 2.36. The highest BCUT2D eigenvalue weighted by Gasteiger charge is 2.18. The molecule has 0 saturated carbocycles.